The first-order valence-corrected chi connectivity index (χ1v) is 39.1. The van der Waals surface area contributed by atoms with E-state index in [1.165, 1.54) is 148 Å². The van der Waals surface area contributed by atoms with Crippen molar-refractivity contribution in [2.75, 3.05) is 39.6 Å². The molecule has 3 N–H and O–H groups in total. The second-order valence-electron chi connectivity index (χ2n) is 25.4. The molecule has 0 aromatic rings. The summed E-state index contributed by atoms with van der Waals surface area (Å²) < 4.78 is 68.0. The number of carbonyl (C=O) groups excluding carboxylic acids is 4. The molecule has 522 valence electrons. The van der Waals surface area contributed by atoms with E-state index in [9.17, 15) is 43.2 Å². The summed E-state index contributed by atoms with van der Waals surface area (Å²) in [4.78, 5) is 72.2. The molecule has 0 heterocycles. The van der Waals surface area contributed by atoms with Gasteiger partial charge in [0.05, 0.1) is 26.4 Å². The maximum Gasteiger partial charge on any atom is 0.472 e. The zero-order valence-electron chi connectivity index (χ0n) is 57.0. The van der Waals surface area contributed by atoms with E-state index in [-0.39, 0.29) is 25.7 Å². The van der Waals surface area contributed by atoms with Gasteiger partial charge in [0.2, 0.25) is 0 Å². The fourth-order valence-corrected chi connectivity index (χ4v) is 11.9. The SMILES string of the molecule is CCCCCCCCCCC(=O)OC[C@H](COP(=O)(O)OC[C@H](O)COP(=O)(O)OC[C@@H](COC(=O)CCCCCCCCC(C)CC)OC(=O)CCCCCCCCCCCCCCCCCCCCC(C)CC)OC(=O)CCCCCCCCCC. The van der Waals surface area contributed by atoms with Gasteiger partial charge >= 0.3 is 39.5 Å². The van der Waals surface area contributed by atoms with Crippen LogP contribution in [0.15, 0.2) is 0 Å². The number of ether oxygens (including phenoxy) is 4. The Morgan fingerprint density at radius 1 is 0.318 bits per heavy atom. The van der Waals surface area contributed by atoms with Crippen LogP contribution in [0.4, 0.5) is 0 Å². The molecule has 0 fully saturated rings. The van der Waals surface area contributed by atoms with E-state index in [0.29, 0.717) is 25.7 Å². The van der Waals surface area contributed by atoms with E-state index in [1.807, 2.05) is 0 Å². The molecule has 0 rings (SSSR count). The predicted molar refractivity (Wildman–Crippen MR) is 354 cm³/mol. The first kappa shape index (κ1) is 86.1. The lowest BCUT2D eigenvalue weighted by Gasteiger charge is -2.21. The Kier molecular flexibility index (Phi) is 59.9. The van der Waals surface area contributed by atoms with Gasteiger partial charge in [0.1, 0.15) is 19.3 Å². The molecule has 17 nitrogen and oxygen atoms in total. The van der Waals surface area contributed by atoms with Gasteiger partial charge in [-0.1, -0.05) is 298 Å². The van der Waals surface area contributed by atoms with Crippen molar-refractivity contribution in [3.63, 3.8) is 0 Å². The Bertz CT molecular complexity index is 1720. The molecular formula is C69H134O17P2. The highest BCUT2D eigenvalue weighted by Gasteiger charge is 2.30. The van der Waals surface area contributed by atoms with Crippen molar-refractivity contribution in [1.82, 2.24) is 0 Å². The predicted octanol–water partition coefficient (Wildman–Crippen LogP) is 19.6. The van der Waals surface area contributed by atoms with E-state index in [0.717, 1.165) is 121 Å². The molecule has 0 aliphatic rings. The standard InChI is InChI=1S/C69H134O17P2/c1-7-11-13-15-17-32-39-45-51-66(71)79-57-64(85-68(73)53-47-41-33-18-16-14-12-8-2)59-83-87(75,76)81-55-63(70)56-82-88(77,78)84-60-65(58-80-67(72)52-46-40-36-35-38-44-50-62(6)10-4)86-69(74)54-48-42-34-30-28-26-24-22-20-19-21-23-25-27-29-31-37-43-49-61(5)9-3/h61-65,70H,7-60H2,1-6H3,(H,75,76)(H,77,78)/t61?,62?,63-,64+,65+/m0/s1. The van der Waals surface area contributed by atoms with E-state index in [1.54, 1.807) is 0 Å². The van der Waals surface area contributed by atoms with Crippen LogP contribution in [-0.4, -0.2) is 96.7 Å². The van der Waals surface area contributed by atoms with Crippen LogP contribution in [0.2, 0.25) is 0 Å². The largest absolute Gasteiger partial charge is 0.472 e. The number of hydrogen-bond donors (Lipinski definition) is 3. The zero-order valence-corrected chi connectivity index (χ0v) is 58.8. The van der Waals surface area contributed by atoms with Crippen LogP contribution in [0.1, 0.15) is 350 Å². The molecule has 0 amide bonds. The molecule has 0 aromatic carbocycles. The number of esters is 4. The molecule has 0 aromatic heterocycles. The highest BCUT2D eigenvalue weighted by Crippen LogP contribution is 2.45. The summed E-state index contributed by atoms with van der Waals surface area (Å²) in [7, 11) is -9.89. The molecule has 0 radical (unpaired) electrons. The van der Waals surface area contributed by atoms with Gasteiger partial charge in [-0.15, -0.1) is 0 Å². The van der Waals surface area contributed by atoms with Gasteiger partial charge < -0.3 is 33.8 Å². The summed E-state index contributed by atoms with van der Waals surface area (Å²) in [6, 6.07) is 0. The lowest BCUT2D eigenvalue weighted by molar-refractivity contribution is -0.161. The molecule has 0 bridgehead atoms. The molecule has 0 spiro atoms. The second-order valence-corrected chi connectivity index (χ2v) is 28.3. The minimum absolute atomic E-state index is 0.105. The summed E-state index contributed by atoms with van der Waals surface area (Å²) >= 11 is 0. The molecule has 0 saturated carbocycles. The van der Waals surface area contributed by atoms with Crippen molar-refractivity contribution in [3.8, 4) is 0 Å². The van der Waals surface area contributed by atoms with Crippen LogP contribution in [-0.2, 0) is 65.4 Å². The Hall–Kier alpha value is -1.94. The summed E-state index contributed by atoms with van der Waals surface area (Å²) in [6.07, 6.45) is 46.1. The first-order chi connectivity index (χ1) is 42.4. The van der Waals surface area contributed by atoms with Gasteiger partial charge in [-0.3, -0.25) is 37.3 Å². The third kappa shape index (κ3) is 60.3. The number of phosphoric ester groups is 2. The van der Waals surface area contributed by atoms with Gasteiger partial charge in [-0.05, 0) is 37.5 Å². The summed E-state index contributed by atoms with van der Waals surface area (Å²) in [5.41, 5.74) is 0. The van der Waals surface area contributed by atoms with Crippen LogP contribution in [0.25, 0.3) is 0 Å². The molecule has 0 aliphatic carbocycles. The van der Waals surface area contributed by atoms with Crippen molar-refractivity contribution in [2.24, 2.45) is 11.8 Å². The number of hydrogen-bond acceptors (Lipinski definition) is 15. The number of carbonyl (C=O) groups is 4. The lowest BCUT2D eigenvalue weighted by Crippen LogP contribution is -2.30. The number of rotatable bonds is 68. The summed E-state index contributed by atoms with van der Waals surface area (Å²) in [5, 5.41) is 10.5. The quantitative estimate of drug-likeness (QED) is 0.0222. The van der Waals surface area contributed by atoms with Crippen molar-refractivity contribution >= 4 is 39.5 Å². The fraction of sp³-hybridized carbons (Fsp3) is 0.942. The maximum absolute atomic E-state index is 13.0. The van der Waals surface area contributed by atoms with E-state index >= 15 is 0 Å². The molecule has 88 heavy (non-hydrogen) atoms. The van der Waals surface area contributed by atoms with Crippen LogP contribution < -0.4 is 0 Å². The monoisotopic (exact) mass is 1300 g/mol. The molecule has 0 aliphatic heterocycles. The van der Waals surface area contributed by atoms with Crippen molar-refractivity contribution in [1.29, 1.82) is 0 Å². The van der Waals surface area contributed by atoms with Crippen LogP contribution in [0.5, 0.6) is 0 Å². The first-order valence-electron chi connectivity index (χ1n) is 36.1. The number of phosphoric acid groups is 2. The number of unbranched alkanes of at least 4 members (excludes halogenated alkanes) is 36. The van der Waals surface area contributed by atoms with Crippen molar-refractivity contribution < 1.29 is 80.2 Å². The molecule has 7 atom stereocenters. The van der Waals surface area contributed by atoms with E-state index in [2.05, 4.69) is 41.5 Å². The average molecular weight is 1300 g/mol. The van der Waals surface area contributed by atoms with Crippen molar-refractivity contribution in [3.05, 3.63) is 0 Å². The minimum atomic E-state index is -4.95. The van der Waals surface area contributed by atoms with Crippen LogP contribution in [0.3, 0.4) is 0 Å². The van der Waals surface area contributed by atoms with Gasteiger partial charge in [0.25, 0.3) is 0 Å². The Balaban J connectivity index is 5.09. The molecule has 19 heteroatoms. The fourth-order valence-electron chi connectivity index (χ4n) is 10.4. The molecule has 4 unspecified atom stereocenters. The summed E-state index contributed by atoms with van der Waals surface area (Å²) in [6.45, 7) is 9.50. The Morgan fingerprint density at radius 3 is 0.807 bits per heavy atom. The van der Waals surface area contributed by atoms with E-state index < -0.39 is 97.5 Å². The van der Waals surface area contributed by atoms with Gasteiger partial charge in [-0.2, -0.15) is 0 Å². The lowest BCUT2D eigenvalue weighted by atomic mass is 9.99. The third-order valence-corrected chi connectivity index (χ3v) is 18.6. The van der Waals surface area contributed by atoms with Gasteiger partial charge in [0, 0.05) is 25.7 Å². The number of aliphatic hydroxyl groups is 1. The second kappa shape index (κ2) is 61.3. The Morgan fingerprint density at radius 2 is 0.545 bits per heavy atom. The Labute approximate surface area is 537 Å². The highest BCUT2D eigenvalue weighted by atomic mass is 31.2. The van der Waals surface area contributed by atoms with Crippen LogP contribution in [0, 0.1) is 11.8 Å². The smallest absolute Gasteiger partial charge is 0.462 e. The topological polar surface area (TPSA) is 237 Å². The highest BCUT2D eigenvalue weighted by molar-refractivity contribution is 7.47. The molecule has 0 saturated heterocycles. The zero-order chi connectivity index (χ0) is 65.0. The van der Waals surface area contributed by atoms with Crippen molar-refractivity contribution in [2.45, 2.75) is 368 Å². The minimum Gasteiger partial charge on any atom is -0.462 e. The maximum atomic E-state index is 13.0. The molecular weight excluding hydrogens is 1160 g/mol. The number of aliphatic hydroxyl groups excluding tert-OH is 1. The average Bonchev–Trinajstić information content (AvgIpc) is 3.64. The van der Waals surface area contributed by atoms with Gasteiger partial charge in [0.15, 0.2) is 12.2 Å². The normalized spacial score (nSPS) is 14.8. The van der Waals surface area contributed by atoms with Crippen LogP contribution >= 0.6 is 15.6 Å². The summed E-state index contributed by atoms with van der Waals surface area (Å²) in [5.74, 6) is -0.532. The van der Waals surface area contributed by atoms with Gasteiger partial charge in [-0.25, -0.2) is 9.13 Å². The van der Waals surface area contributed by atoms with E-state index in [4.69, 9.17) is 37.0 Å². The third-order valence-electron chi connectivity index (χ3n) is 16.7.